The number of carbonyl (C=O) groups is 2. The fourth-order valence-corrected chi connectivity index (χ4v) is 4.42. The van der Waals surface area contributed by atoms with Crippen molar-refractivity contribution in [3.05, 3.63) is 50.5 Å². The highest BCUT2D eigenvalue weighted by Gasteiger charge is 2.42. The number of nitro groups is 1. The van der Waals surface area contributed by atoms with E-state index in [0.29, 0.717) is 18.7 Å². The SMILES string of the molecule is N#CC1=C(N)SC(C(=O)NC(=O)N2CCCC2)C1c1cccc([N+](=O)[O-])c1. The highest BCUT2D eigenvalue weighted by Crippen LogP contribution is 2.46. The number of nitrogens with one attached hydrogen (secondary N) is 1. The fourth-order valence-electron chi connectivity index (χ4n) is 3.25. The number of nitrogens with two attached hydrogens (primary N) is 1. The van der Waals surface area contributed by atoms with Gasteiger partial charge >= 0.3 is 6.03 Å². The summed E-state index contributed by atoms with van der Waals surface area (Å²) in [5, 5.41) is 22.2. The molecule has 2 heterocycles. The Labute approximate surface area is 159 Å². The van der Waals surface area contributed by atoms with Gasteiger partial charge in [0.25, 0.3) is 5.69 Å². The number of nitrogens with zero attached hydrogens (tertiary/aromatic N) is 3. The van der Waals surface area contributed by atoms with Crippen LogP contribution >= 0.6 is 11.8 Å². The molecule has 3 rings (SSSR count). The number of thioether (sulfide) groups is 1. The van der Waals surface area contributed by atoms with Crippen molar-refractivity contribution in [2.75, 3.05) is 13.1 Å². The summed E-state index contributed by atoms with van der Waals surface area (Å²) >= 11 is 0.990. The van der Waals surface area contributed by atoms with E-state index in [1.54, 1.807) is 11.0 Å². The van der Waals surface area contributed by atoms with Crippen molar-refractivity contribution in [3.8, 4) is 6.07 Å². The van der Waals surface area contributed by atoms with Crippen molar-refractivity contribution in [1.29, 1.82) is 5.26 Å². The first-order chi connectivity index (χ1) is 12.9. The molecule has 2 unspecified atom stereocenters. The van der Waals surface area contributed by atoms with Crippen LogP contribution in [0.4, 0.5) is 10.5 Å². The lowest BCUT2D eigenvalue weighted by Gasteiger charge is -2.21. The minimum Gasteiger partial charge on any atom is -0.393 e. The largest absolute Gasteiger partial charge is 0.393 e. The van der Waals surface area contributed by atoms with Gasteiger partial charge in [0.1, 0.15) is 5.25 Å². The standard InChI is InChI=1S/C17H17N5O4S/c18-9-12-13(10-4-3-5-11(8-10)22(25)26)14(27-15(12)19)16(23)20-17(24)21-6-1-2-7-21/h3-5,8,13-14H,1-2,6-7,19H2,(H,20,23,24). The predicted octanol–water partition coefficient (Wildman–Crippen LogP) is 1.82. The van der Waals surface area contributed by atoms with Gasteiger partial charge in [0.15, 0.2) is 0 Å². The van der Waals surface area contributed by atoms with Crippen LogP contribution in [-0.4, -0.2) is 40.1 Å². The molecule has 1 aromatic carbocycles. The Morgan fingerprint density at radius 1 is 1.37 bits per heavy atom. The maximum atomic E-state index is 12.7. The number of nitro benzene ring substituents is 1. The fraction of sp³-hybridized carbons (Fsp3) is 0.353. The third kappa shape index (κ3) is 3.73. The molecule has 1 aromatic rings. The molecular formula is C17H17N5O4S. The van der Waals surface area contributed by atoms with Gasteiger partial charge in [0.2, 0.25) is 5.91 Å². The molecule has 2 aliphatic heterocycles. The third-order valence-electron chi connectivity index (χ3n) is 4.58. The van der Waals surface area contributed by atoms with Crippen molar-refractivity contribution in [2.45, 2.75) is 24.0 Å². The Kier molecular flexibility index (Phi) is 5.32. The van der Waals surface area contributed by atoms with Gasteiger partial charge in [-0.15, -0.1) is 0 Å². The molecule has 1 fully saturated rings. The molecule has 0 aromatic heterocycles. The number of non-ortho nitro benzene ring substituents is 1. The van der Waals surface area contributed by atoms with E-state index in [1.165, 1.54) is 18.2 Å². The van der Waals surface area contributed by atoms with Gasteiger partial charge in [-0.1, -0.05) is 23.9 Å². The number of nitriles is 1. The van der Waals surface area contributed by atoms with Crippen molar-refractivity contribution in [1.82, 2.24) is 10.2 Å². The molecule has 0 saturated carbocycles. The molecule has 3 N–H and O–H groups in total. The third-order valence-corrected chi connectivity index (χ3v) is 5.79. The Hall–Kier alpha value is -3.06. The summed E-state index contributed by atoms with van der Waals surface area (Å²) in [4.78, 5) is 37.0. The van der Waals surface area contributed by atoms with Gasteiger partial charge in [-0.05, 0) is 18.4 Å². The van der Waals surface area contributed by atoms with Crippen molar-refractivity contribution >= 4 is 29.4 Å². The maximum Gasteiger partial charge on any atom is 0.324 e. The molecule has 1 saturated heterocycles. The lowest BCUT2D eigenvalue weighted by Crippen LogP contribution is -2.45. The van der Waals surface area contributed by atoms with Gasteiger partial charge in [-0.3, -0.25) is 20.2 Å². The van der Waals surface area contributed by atoms with Crippen LogP contribution in [-0.2, 0) is 4.79 Å². The van der Waals surface area contributed by atoms with Gasteiger partial charge in [-0.2, -0.15) is 5.26 Å². The predicted molar refractivity (Wildman–Crippen MR) is 98.4 cm³/mol. The molecule has 27 heavy (non-hydrogen) atoms. The molecule has 3 amide bonds. The number of amides is 3. The summed E-state index contributed by atoms with van der Waals surface area (Å²) < 4.78 is 0. The molecule has 0 aliphatic carbocycles. The van der Waals surface area contributed by atoms with Crippen LogP contribution in [0.1, 0.15) is 24.3 Å². The molecule has 0 radical (unpaired) electrons. The number of allylic oxidation sites excluding steroid dienone is 1. The van der Waals surface area contributed by atoms with E-state index in [-0.39, 0.29) is 16.3 Å². The summed E-state index contributed by atoms with van der Waals surface area (Å²) in [5.41, 5.74) is 6.37. The zero-order valence-corrected chi connectivity index (χ0v) is 15.1. The summed E-state index contributed by atoms with van der Waals surface area (Å²) in [6.45, 7) is 1.18. The van der Waals surface area contributed by atoms with Gasteiger partial charge in [0.05, 0.1) is 21.6 Å². The lowest BCUT2D eigenvalue weighted by molar-refractivity contribution is -0.384. The second-order valence-corrected chi connectivity index (χ2v) is 7.43. The zero-order valence-electron chi connectivity index (χ0n) is 14.3. The van der Waals surface area contributed by atoms with Crippen LogP contribution in [0, 0.1) is 21.4 Å². The van der Waals surface area contributed by atoms with E-state index in [1.807, 2.05) is 6.07 Å². The van der Waals surface area contributed by atoms with Crippen LogP contribution in [0.15, 0.2) is 34.9 Å². The molecule has 9 nitrogen and oxygen atoms in total. The minimum atomic E-state index is -0.854. The number of hydrogen-bond acceptors (Lipinski definition) is 7. The lowest BCUT2D eigenvalue weighted by atomic mass is 9.88. The van der Waals surface area contributed by atoms with Crippen LogP contribution < -0.4 is 11.1 Å². The molecular weight excluding hydrogens is 370 g/mol. The molecule has 2 atom stereocenters. The first-order valence-corrected chi connectivity index (χ1v) is 9.21. The zero-order chi connectivity index (χ0) is 19.6. The smallest absolute Gasteiger partial charge is 0.324 e. The number of rotatable bonds is 3. The van der Waals surface area contributed by atoms with E-state index in [2.05, 4.69) is 5.32 Å². The molecule has 2 aliphatic rings. The Morgan fingerprint density at radius 2 is 2.07 bits per heavy atom. The Bertz CT molecular complexity index is 872. The summed E-state index contributed by atoms with van der Waals surface area (Å²) in [6, 6.07) is 7.27. The molecule has 0 bridgehead atoms. The van der Waals surface area contributed by atoms with Crippen LogP contribution in [0.25, 0.3) is 0 Å². The number of urea groups is 1. The summed E-state index contributed by atoms with van der Waals surface area (Å²) in [5.74, 6) is -1.33. The van der Waals surface area contributed by atoms with Crippen LogP contribution in [0.3, 0.4) is 0 Å². The second-order valence-electron chi connectivity index (χ2n) is 6.25. The number of hydrogen-bond donors (Lipinski definition) is 2. The second kappa shape index (κ2) is 7.67. The monoisotopic (exact) mass is 387 g/mol. The maximum absolute atomic E-state index is 12.7. The minimum absolute atomic E-state index is 0.146. The van der Waals surface area contributed by atoms with Gasteiger partial charge < -0.3 is 10.6 Å². The number of likely N-dealkylation sites (tertiary alicyclic amines) is 1. The van der Waals surface area contributed by atoms with E-state index in [0.717, 1.165) is 24.6 Å². The average molecular weight is 387 g/mol. The number of carbonyl (C=O) groups excluding carboxylic acids is 2. The summed E-state index contributed by atoms with van der Waals surface area (Å²) in [6.07, 6.45) is 1.78. The van der Waals surface area contributed by atoms with Gasteiger partial charge in [0, 0.05) is 31.1 Å². The molecule has 0 spiro atoms. The highest BCUT2D eigenvalue weighted by molar-refractivity contribution is 8.04. The number of imide groups is 1. The summed E-state index contributed by atoms with van der Waals surface area (Å²) in [7, 11) is 0. The quantitative estimate of drug-likeness (QED) is 0.595. The van der Waals surface area contributed by atoms with E-state index in [4.69, 9.17) is 5.73 Å². The topological polar surface area (TPSA) is 142 Å². The van der Waals surface area contributed by atoms with E-state index < -0.39 is 28.0 Å². The highest BCUT2D eigenvalue weighted by atomic mass is 32.2. The molecule has 140 valence electrons. The van der Waals surface area contributed by atoms with Crippen molar-refractivity contribution < 1.29 is 14.5 Å². The van der Waals surface area contributed by atoms with Crippen molar-refractivity contribution in [2.24, 2.45) is 5.73 Å². The Balaban J connectivity index is 1.87. The Morgan fingerprint density at radius 3 is 2.70 bits per heavy atom. The van der Waals surface area contributed by atoms with Crippen LogP contribution in [0.5, 0.6) is 0 Å². The normalized spacial score (nSPS) is 21.8. The van der Waals surface area contributed by atoms with Crippen LogP contribution in [0.2, 0.25) is 0 Å². The average Bonchev–Trinajstić information content (AvgIpc) is 3.29. The molecule has 10 heteroatoms. The first-order valence-electron chi connectivity index (χ1n) is 8.33. The van der Waals surface area contributed by atoms with E-state index >= 15 is 0 Å². The van der Waals surface area contributed by atoms with Crippen molar-refractivity contribution in [3.63, 3.8) is 0 Å². The van der Waals surface area contributed by atoms with Gasteiger partial charge in [-0.25, -0.2) is 4.79 Å². The number of benzene rings is 1. The first kappa shape index (κ1) is 18.7. The van der Waals surface area contributed by atoms with E-state index in [9.17, 15) is 25.0 Å².